The molecule has 0 radical (unpaired) electrons. The highest BCUT2D eigenvalue weighted by Crippen LogP contribution is 2.51. The summed E-state index contributed by atoms with van der Waals surface area (Å²) in [4.78, 5) is 0. The fourth-order valence-electron chi connectivity index (χ4n) is 3.08. The lowest BCUT2D eigenvalue weighted by Crippen LogP contribution is -2.37. The average Bonchev–Trinajstić information content (AvgIpc) is 2.54. The van der Waals surface area contributed by atoms with E-state index in [9.17, 15) is 0 Å². The molecule has 0 aliphatic rings. The van der Waals surface area contributed by atoms with Crippen LogP contribution in [0.5, 0.6) is 0 Å². The van der Waals surface area contributed by atoms with E-state index in [-0.39, 0.29) is 7.47 Å². The van der Waals surface area contributed by atoms with Crippen molar-refractivity contribution in [1.29, 1.82) is 0 Å². The molecule has 0 aliphatic carbocycles. The maximum Gasteiger partial charge on any atom is 0.0911 e. The van der Waals surface area contributed by atoms with Gasteiger partial charge in [0.15, 0.2) is 0 Å². The maximum atomic E-state index is 2.42. The highest BCUT2D eigenvalue weighted by Gasteiger charge is 2.37. The van der Waals surface area contributed by atoms with Gasteiger partial charge < -0.3 is 0 Å². The van der Waals surface area contributed by atoms with Crippen LogP contribution in [0.2, 0.25) is 18.1 Å². The molecule has 0 aliphatic heterocycles. The molecule has 0 unspecified atom stereocenters. The number of rotatable bonds is 6. The van der Waals surface area contributed by atoms with Gasteiger partial charge in [-0.15, -0.1) is 0 Å². The maximum absolute atomic E-state index is 2.42. The SMILES string of the molecule is CC[Si](CC)(CC)P(c1ccccc1)c1ccccc1. The Balaban J connectivity index is 2.55. The van der Waals surface area contributed by atoms with Crippen LogP contribution in [0, 0.1) is 0 Å². The molecule has 0 saturated carbocycles. The summed E-state index contributed by atoms with van der Waals surface area (Å²) in [5.74, 6) is 0. The van der Waals surface area contributed by atoms with Gasteiger partial charge in [0, 0.05) is 0 Å². The second-order valence-corrected chi connectivity index (χ2v) is 15.8. The van der Waals surface area contributed by atoms with Crippen molar-refractivity contribution in [2.24, 2.45) is 0 Å². The Bertz CT molecular complexity index is 458. The molecule has 20 heavy (non-hydrogen) atoms. The first-order chi connectivity index (χ1) is 9.77. The third kappa shape index (κ3) is 3.05. The Hall–Kier alpha value is -0.913. The minimum absolute atomic E-state index is 0.160. The van der Waals surface area contributed by atoms with E-state index in [4.69, 9.17) is 0 Å². The summed E-state index contributed by atoms with van der Waals surface area (Å²) in [5, 5.41) is 3.15. The van der Waals surface area contributed by atoms with Crippen molar-refractivity contribution >= 4 is 25.8 Å². The van der Waals surface area contributed by atoms with E-state index < -0.39 is 7.74 Å². The van der Waals surface area contributed by atoms with Crippen LogP contribution in [0.15, 0.2) is 60.7 Å². The van der Waals surface area contributed by atoms with E-state index in [1.807, 2.05) is 0 Å². The molecule has 0 nitrogen and oxygen atoms in total. The van der Waals surface area contributed by atoms with Gasteiger partial charge in [-0.05, 0) is 10.6 Å². The molecule has 0 spiro atoms. The molecule has 0 amide bonds. The number of benzene rings is 2. The van der Waals surface area contributed by atoms with Crippen LogP contribution >= 0.6 is 7.47 Å². The largest absolute Gasteiger partial charge is 0.0911 e. The Morgan fingerprint density at radius 3 is 1.30 bits per heavy atom. The van der Waals surface area contributed by atoms with Gasteiger partial charge in [0.2, 0.25) is 0 Å². The van der Waals surface area contributed by atoms with Crippen molar-refractivity contribution in [3.8, 4) is 0 Å². The Morgan fingerprint density at radius 2 is 1.00 bits per heavy atom. The molecule has 0 heterocycles. The molecule has 0 aromatic heterocycles. The summed E-state index contributed by atoms with van der Waals surface area (Å²) in [6.07, 6.45) is 0. The van der Waals surface area contributed by atoms with E-state index in [0.29, 0.717) is 0 Å². The van der Waals surface area contributed by atoms with Gasteiger partial charge in [-0.2, -0.15) is 0 Å². The molecule has 2 aromatic carbocycles. The lowest BCUT2D eigenvalue weighted by molar-refractivity contribution is 1.22. The monoisotopic (exact) mass is 300 g/mol. The van der Waals surface area contributed by atoms with Crippen molar-refractivity contribution < 1.29 is 0 Å². The van der Waals surface area contributed by atoms with Gasteiger partial charge in [-0.1, -0.05) is 107 Å². The molecule has 0 atom stereocenters. The third-order valence-electron chi connectivity index (χ3n) is 4.48. The van der Waals surface area contributed by atoms with E-state index in [1.165, 1.54) is 18.1 Å². The van der Waals surface area contributed by atoms with Crippen molar-refractivity contribution in [1.82, 2.24) is 0 Å². The van der Waals surface area contributed by atoms with E-state index in [1.54, 1.807) is 10.6 Å². The van der Waals surface area contributed by atoms with E-state index >= 15 is 0 Å². The Kier molecular flexibility index (Phi) is 5.57. The molecule has 0 saturated heterocycles. The highest BCUT2D eigenvalue weighted by molar-refractivity contribution is 8.05. The van der Waals surface area contributed by atoms with Gasteiger partial charge in [-0.3, -0.25) is 0 Å². The van der Waals surface area contributed by atoms with Gasteiger partial charge in [0.1, 0.15) is 0 Å². The van der Waals surface area contributed by atoms with Crippen LogP contribution in [0.3, 0.4) is 0 Å². The first-order valence-electron chi connectivity index (χ1n) is 7.67. The smallest absolute Gasteiger partial charge is 0.0674 e. The topological polar surface area (TPSA) is 0 Å². The number of hydrogen-bond donors (Lipinski definition) is 0. The van der Waals surface area contributed by atoms with Gasteiger partial charge in [-0.25, -0.2) is 0 Å². The van der Waals surface area contributed by atoms with Crippen LogP contribution in [-0.4, -0.2) is 7.74 Å². The molecule has 106 valence electrons. The quantitative estimate of drug-likeness (QED) is 0.513. The molecule has 2 heteroatoms. The lowest BCUT2D eigenvalue weighted by Gasteiger charge is -2.38. The zero-order chi connectivity index (χ0) is 14.4. The minimum atomic E-state index is -1.26. The lowest BCUT2D eigenvalue weighted by atomic mass is 10.4. The fourth-order valence-corrected chi connectivity index (χ4v) is 14.9. The predicted molar refractivity (Wildman–Crippen MR) is 96.3 cm³/mol. The normalized spacial score (nSPS) is 11.8. The van der Waals surface area contributed by atoms with Crippen molar-refractivity contribution in [2.75, 3.05) is 0 Å². The van der Waals surface area contributed by atoms with Crippen LogP contribution in [0.1, 0.15) is 20.8 Å². The summed E-state index contributed by atoms with van der Waals surface area (Å²) < 4.78 is 0. The van der Waals surface area contributed by atoms with Gasteiger partial charge in [0.05, 0.1) is 7.74 Å². The molecular formula is C18H25PSi. The van der Waals surface area contributed by atoms with Crippen LogP contribution < -0.4 is 10.6 Å². The third-order valence-corrected chi connectivity index (χ3v) is 18.2. The molecule has 2 aromatic rings. The van der Waals surface area contributed by atoms with Crippen molar-refractivity contribution in [2.45, 2.75) is 38.9 Å². The summed E-state index contributed by atoms with van der Waals surface area (Å²) in [6, 6.07) is 26.6. The second kappa shape index (κ2) is 7.20. The zero-order valence-corrected chi connectivity index (χ0v) is 14.7. The first-order valence-corrected chi connectivity index (χ1v) is 12.5. The molecule has 2 rings (SSSR count). The minimum Gasteiger partial charge on any atom is -0.0674 e. The van der Waals surface area contributed by atoms with E-state index in [0.717, 1.165) is 0 Å². The molecular weight excluding hydrogens is 275 g/mol. The Morgan fingerprint density at radius 1 is 0.650 bits per heavy atom. The first kappa shape index (κ1) is 15.5. The molecule has 0 fully saturated rings. The van der Waals surface area contributed by atoms with Crippen LogP contribution in [-0.2, 0) is 0 Å². The predicted octanol–water partition coefficient (Wildman–Crippen LogP) is 5.12. The summed E-state index contributed by atoms with van der Waals surface area (Å²) in [6.45, 7) is 7.25. The summed E-state index contributed by atoms with van der Waals surface area (Å²) in [7, 11) is -1.42. The van der Waals surface area contributed by atoms with Crippen molar-refractivity contribution in [3.63, 3.8) is 0 Å². The fraction of sp³-hybridized carbons (Fsp3) is 0.333. The Labute approximate surface area is 125 Å². The van der Waals surface area contributed by atoms with E-state index in [2.05, 4.69) is 81.4 Å². The highest BCUT2D eigenvalue weighted by atomic mass is 31.4. The number of hydrogen-bond acceptors (Lipinski definition) is 0. The zero-order valence-electron chi connectivity index (χ0n) is 12.8. The van der Waals surface area contributed by atoms with Crippen LogP contribution in [0.4, 0.5) is 0 Å². The van der Waals surface area contributed by atoms with Crippen molar-refractivity contribution in [3.05, 3.63) is 60.7 Å². The summed E-state index contributed by atoms with van der Waals surface area (Å²) in [5.41, 5.74) is 0. The van der Waals surface area contributed by atoms with Crippen LogP contribution in [0.25, 0.3) is 0 Å². The average molecular weight is 300 g/mol. The second-order valence-electron chi connectivity index (χ2n) is 5.29. The van der Waals surface area contributed by atoms with Gasteiger partial charge in [0.25, 0.3) is 0 Å². The standard InChI is InChI=1S/C18H25PSi/c1-4-20(5-2,6-3)19(17-13-9-7-10-14-17)18-15-11-8-12-16-18/h7-16H,4-6H2,1-3H3. The molecule has 0 bridgehead atoms. The summed E-state index contributed by atoms with van der Waals surface area (Å²) >= 11 is 0. The van der Waals surface area contributed by atoms with Gasteiger partial charge >= 0.3 is 0 Å². The molecule has 0 N–H and O–H groups in total.